The zero-order valence-electron chi connectivity index (χ0n) is 19.3. The van der Waals surface area contributed by atoms with Crippen molar-refractivity contribution < 1.29 is 36.7 Å². The zero-order valence-corrected chi connectivity index (χ0v) is 19.3. The van der Waals surface area contributed by atoms with Crippen LogP contribution in [0.15, 0.2) is 63.5 Å². The number of nitrogens with zero attached hydrogens (tertiary/aromatic N) is 2. The van der Waals surface area contributed by atoms with E-state index in [2.05, 4.69) is 20.0 Å². The number of hydrogen-bond donors (Lipinski definition) is 2. The largest absolute Gasteiger partial charge is 0.508 e. The first-order valence-corrected chi connectivity index (χ1v) is 11.0. The molecule has 2 aromatic carbocycles. The van der Waals surface area contributed by atoms with Crippen LogP contribution < -0.4 is 10.1 Å². The highest BCUT2D eigenvalue weighted by Gasteiger charge is 2.38. The van der Waals surface area contributed by atoms with Crippen molar-refractivity contribution in [3.05, 3.63) is 66.3 Å². The third-order valence-electron chi connectivity index (χ3n) is 5.31. The van der Waals surface area contributed by atoms with Gasteiger partial charge in [-0.2, -0.15) is 18.2 Å². The maximum Gasteiger partial charge on any atom is 0.471 e. The number of ether oxygens (including phenoxy) is 1. The molecule has 0 saturated heterocycles. The molecule has 2 aromatic heterocycles. The monoisotopic (exact) mass is 501 g/mol. The minimum absolute atomic E-state index is 0.125. The molecular weight excluding hydrogens is 479 g/mol. The molecule has 0 saturated carbocycles. The van der Waals surface area contributed by atoms with Gasteiger partial charge in [0.25, 0.3) is 0 Å². The second-order valence-corrected chi connectivity index (χ2v) is 8.03. The average Bonchev–Trinajstić information content (AvgIpc) is 3.49. The fraction of sp³-hybridized carbons (Fsp3) is 0.240. The number of nitrogens with one attached hydrogen (secondary N) is 1. The first-order valence-electron chi connectivity index (χ1n) is 11.0. The smallest absolute Gasteiger partial charge is 0.471 e. The molecule has 4 rings (SSSR count). The van der Waals surface area contributed by atoms with Crippen LogP contribution in [0.5, 0.6) is 11.5 Å². The standard InChI is InChI=1S/C25H22F3N3O5/c1-3-17(29-22(33)10-14(2)21-12-16-11-18(32)6-9-20(16)35-21)13-34-19-7-4-15(5-8-19)23-30-24(36-31-23)25(26,27)28/h4-12,17,32H,3,13H2,1-2H3,(H,29,33)/b14-10-. The molecule has 0 bridgehead atoms. The Labute approximate surface area is 203 Å². The molecule has 1 amide bonds. The number of phenolic OH excluding ortho intramolecular Hbond substituents is 1. The molecular formula is C25H22F3N3O5. The Morgan fingerprint density at radius 2 is 1.94 bits per heavy atom. The number of allylic oxidation sites excluding steroid dienone is 1. The van der Waals surface area contributed by atoms with E-state index < -0.39 is 12.1 Å². The lowest BCUT2D eigenvalue weighted by atomic mass is 10.1. The summed E-state index contributed by atoms with van der Waals surface area (Å²) in [6, 6.07) is 12.4. The second-order valence-electron chi connectivity index (χ2n) is 8.03. The maximum atomic E-state index is 12.6. The van der Waals surface area contributed by atoms with Gasteiger partial charge in [-0.15, -0.1) is 0 Å². The van der Waals surface area contributed by atoms with E-state index in [0.29, 0.717) is 34.7 Å². The van der Waals surface area contributed by atoms with Crippen LogP contribution in [0.3, 0.4) is 0 Å². The Morgan fingerprint density at radius 3 is 2.61 bits per heavy atom. The number of furan rings is 1. The minimum atomic E-state index is -4.71. The SMILES string of the molecule is CCC(COc1ccc(-c2noc(C(F)(F)F)n2)cc1)NC(=O)/C=C(/C)c1cc2cc(O)ccc2o1. The number of halogens is 3. The summed E-state index contributed by atoms with van der Waals surface area (Å²) in [7, 11) is 0. The summed E-state index contributed by atoms with van der Waals surface area (Å²) in [6.07, 6.45) is -2.68. The quantitative estimate of drug-likeness (QED) is 0.303. The van der Waals surface area contributed by atoms with Gasteiger partial charge in [-0.3, -0.25) is 4.79 Å². The van der Waals surface area contributed by atoms with Gasteiger partial charge in [0.2, 0.25) is 11.7 Å². The summed E-state index contributed by atoms with van der Waals surface area (Å²) in [5.74, 6) is -0.819. The number of phenols is 1. The molecule has 1 atom stereocenters. The van der Waals surface area contributed by atoms with Gasteiger partial charge in [-0.05, 0) is 67.4 Å². The molecule has 8 nitrogen and oxygen atoms in total. The molecule has 4 aromatic rings. The second kappa shape index (κ2) is 10.1. The molecule has 36 heavy (non-hydrogen) atoms. The summed E-state index contributed by atoms with van der Waals surface area (Å²) < 4.78 is 53.6. The van der Waals surface area contributed by atoms with Crippen molar-refractivity contribution in [1.82, 2.24) is 15.5 Å². The van der Waals surface area contributed by atoms with Crippen LogP contribution in [0.1, 0.15) is 31.9 Å². The first-order chi connectivity index (χ1) is 17.1. The van der Waals surface area contributed by atoms with E-state index in [0.717, 1.165) is 5.39 Å². The van der Waals surface area contributed by atoms with Gasteiger partial charge in [-0.1, -0.05) is 12.1 Å². The highest BCUT2D eigenvalue weighted by Crippen LogP contribution is 2.30. The Kier molecular flexibility index (Phi) is 7.00. The molecule has 2 heterocycles. The van der Waals surface area contributed by atoms with Crippen LogP contribution in [-0.2, 0) is 11.0 Å². The summed E-state index contributed by atoms with van der Waals surface area (Å²) in [5, 5.41) is 16.5. The number of aromatic hydroxyl groups is 1. The first kappa shape index (κ1) is 24.8. The van der Waals surface area contributed by atoms with Gasteiger partial charge in [0.15, 0.2) is 0 Å². The van der Waals surface area contributed by atoms with Gasteiger partial charge >= 0.3 is 12.1 Å². The number of aromatic nitrogens is 2. The number of benzene rings is 2. The van der Waals surface area contributed by atoms with Crippen LogP contribution in [0.25, 0.3) is 27.9 Å². The van der Waals surface area contributed by atoms with Crippen molar-refractivity contribution >= 4 is 22.4 Å². The molecule has 11 heteroatoms. The van der Waals surface area contributed by atoms with Crippen molar-refractivity contribution in [2.24, 2.45) is 0 Å². The van der Waals surface area contributed by atoms with E-state index in [1.807, 2.05) is 6.92 Å². The molecule has 0 aliphatic rings. The van der Waals surface area contributed by atoms with E-state index in [9.17, 15) is 23.1 Å². The van der Waals surface area contributed by atoms with E-state index >= 15 is 0 Å². The van der Waals surface area contributed by atoms with E-state index in [-0.39, 0.29) is 30.1 Å². The van der Waals surface area contributed by atoms with Crippen LogP contribution in [0.2, 0.25) is 0 Å². The number of fused-ring (bicyclic) bond motifs is 1. The van der Waals surface area contributed by atoms with Gasteiger partial charge in [0, 0.05) is 17.0 Å². The predicted molar refractivity (Wildman–Crippen MR) is 124 cm³/mol. The van der Waals surface area contributed by atoms with Crippen molar-refractivity contribution in [3.63, 3.8) is 0 Å². The van der Waals surface area contributed by atoms with Gasteiger partial charge in [-0.25, -0.2) is 0 Å². The molecule has 0 aliphatic carbocycles. The highest BCUT2D eigenvalue weighted by atomic mass is 19.4. The average molecular weight is 501 g/mol. The topological polar surface area (TPSA) is 111 Å². The summed E-state index contributed by atoms with van der Waals surface area (Å²) in [4.78, 5) is 15.9. The number of hydrogen-bond acceptors (Lipinski definition) is 7. The van der Waals surface area contributed by atoms with Crippen molar-refractivity contribution in [3.8, 4) is 22.9 Å². The number of rotatable bonds is 8. The summed E-state index contributed by atoms with van der Waals surface area (Å²) >= 11 is 0. The van der Waals surface area contributed by atoms with Crippen LogP contribution in [0, 0.1) is 0 Å². The van der Waals surface area contributed by atoms with E-state index in [1.54, 1.807) is 37.3 Å². The molecule has 0 fully saturated rings. The van der Waals surface area contributed by atoms with Gasteiger partial charge < -0.3 is 24.1 Å². The Balaban J connectivity index is 1.33. The number of alkyl halides is 3. The fourth-order valence-electron chi connectivity index (χ4n) is 3.35. The Bertz CT molecular complexity index is 1390. The molecule has 0 radical (unpaired) electrons. The third-order valence-corrected chi connectivity index (χ3v) is 5.31. The van der Waals surface area contributed by atoms with Gasteiger partial charge in [0.05, 0.1) is 6.04 Å². The normalized spacial score (nSPS) is 13.1. The molecule has 2 N–H and O–H groups in total. The molecule has 0 aliphatic heterocycles. The predicted octanol–water partition coefficient (Wildman–Crippen LogP) is 5.58. The van der Waals surface area contributed by atoms with Crippen molar-refractivity contribution in [2.45, 2.75) is 32.5 Å². The number of carbonyl (C=O) groups is 1. The van der Waals surface area contributed by atoms with Crippen molar-refractivity contribution in [2.75, 3.05) is 6.61 Å². The lowest BCUT2D eigenvalue weighted by molar-refractivity contribution is -0.159. The third kappa shape index (κ3) is 5.85. The molecule has 188 valence electrons. The maximum absolute atomic E-state index is 12.6. The van der Waals surface area contributed by atoms with Crippen LogP contribution in [-0.4, -0.2) is 33.8 Å². The Morgan fingerprint density at radius 1 is 1.19 bits per heavy atom. The van der Waals surface area contributed by atoms with Gasteiger partial charge in [0.1, 0.15) is 29.4 Å². The number of amides is 1. The summed E-state index contributed by atoms with van der Waals surface area (Å²) in [6.45, 7) is 3.82. The summed E-state index contributed by atoms with van der Waals surface area (Å²) in [5.41, 5.74) is 1.55. The minimum Gasteiger partial charge on any atom is -0.508 e. The van der Waals surface area contributed by atoms with Crippen molar-refractivity contribution in [1.29, 1.82) is 0 Å². The lowest BCUT2D eigenvalue weighted by Gasteiger charge is -2.17. The molecule has 0 spiro atoms. The molecule has 1 unspecified atom stereocenters. The lowest BCUT2D eigenvalue weighted by Crippen LogP contribution is -2.37. The Hall–Kier alpha value is -4.28. The highest BCUT2D eigenvalue weighted by molar-refractivity contribution is 5.95. The zero-order chi connectivity index (χ0) is 25.9. The number of carbonyl (C=O) groups excluding carboxylic acids is 1. The van der Waals surface area contributed by atoms with Crippen LogP contribution >= 0.6 is 0 Å². The van der Waals surface area contributed by atoms with E-state index in [4.69, 9.17) is 9.15 Å². The van der Waals surface area contributed by atoms with E-state index in [1.165, 1.54) is 24.3 Å². The fourth-order valence-corrected chi connectivity index (χ4v) is 3.35. The van der Waals surface area contributed by atoms with Crippen LogP contribution in [0.4, 0.5) is 13.2 Å².